The number of alkyl halides is 1. The summed E-state index contributed by atoms with van der Waals surface area (Å²) in [6.45, 7) is 0. The Hall–Kier alpha value is -1.80. The van der Waals surface area contributed by atoms with Crippen LogP contribution in [0.5, 0.6) is 0 Å². The lowest BCUT2D eigenvalue weighted by Gasteiger charge is -2.11. The van der Waals surface area contributed by atoms with E-state index in [2.05, 4.69) is 0 Å². The van der Waals surface area contributed by atoms with Crippen LogP contribution in [0.3, 0.4) is 0 Å². The van der Waals surface area contributed by atoms with Crippen LogP contribution in [-0.2, 0) is 5.88 Å². The van der Waals surface area contributed by atoms with E-state index in [1.807, 2.05) is 24.3 Å². The van der Waals surface area contributed by atoms with E-state index in [0.717, 1.165) is 22.1 Å². The maximum Gasteiger partial charge on any atom is 0.182 e. The van der Waals surface area contributed by atoms with Gasteiger partial charge in [0.1, 0.15) is 11.3 Å². The van der Waals surface area contributed by atoms with Gasteiger partial charge in [-0.05, 0) is 23.8 Å². The number of fused-ring (bicyclic) bond motifs is 2. The summed E-state index contributed by atoms with van der Waals surface area (Å²) in [7, 11) is 0. The Balaban J connectivity index is 2.54. The molecule has 0 bridgehead atoms. The second-order valence-electron chi connectivity index (χ2n) is 3.87. The van der Waals surface area contributed by atoms with Gasteiger partial charge in [-0.15, -0.1) is 11.6 Å². The van der Waals surface area contributed by atoms with E-state index in [-0.39, 0.29) is 5.43 Å². The van der Waals surface area contributed by atoms with Crippen LogP contribution in [0, 0.1) is 0 Å². The summed E-state index contributed by atoms with van der Waals surface area (Å²) in [6.07, 6.45) is 0. The minimum Gasteiger partial charge on any atom is -0.456 e. The molecule has 0 amide bonds. The van der Waals surface area contributed by atoms with Crippen LogP contribution < -0.4 is 5.43 Å². The van der Waals surface area contributed by atoms with Gasteiger partial charge in [0.15, 0.2) is 5.43 Å². The number of halogens is 1. The Kier molecular flexibility index (Phi) is 2.37. The predicted molar refractivity (Wildman–Crippen MR) is 68.7 cm³/mol. The average molecular weight is 245 g/mol. The highest BCUT2D eigenvalue weighted by Gasteiger charge is 2.14. The quantitative estimate of drug-likeness (QED) is 0.483. The molecule has 1 aliphatic carbocycles. The summed E-state index contributed by atoms with van der Waals surface area (Å²) in [5, 5.41) is 0.994. The summed E-state index contributed by atoms with van der Waals surface area (Å²) in [4.78, 5) is 11.3. The molecule has 1 heterocycles. The van der Waals surface area contributed by atoms with Gasteiger partial charge in [-0.3, -0.25) is 4.79 Å². The summed E-state index contributed by atoms with van der Waals surface area (Å²) >= 11 is 6.00. The van der Waals surface area contributed by atoms with Gasteiger partial charge in [-0.25, -0.2) is 0 Å². The van der Waals surface area contributed by atoms with E-state index >= 15 is 0 Å². The predicted octanol–water partition coefficient (Wildman–Crippen LogP) is 3.64. The third-order valence-electron chi connectivity index (χ3n) is 2.84. The lowest BCUT2D eigenvalue weighted by Crippen LogP contribution is -2.00. The maximum atomic E-state index is 11.3. The average Bonchev–Trinajstić information content (AvgIpc) is 2.35. The standard InChI is InChI=1S/C14H9ClO2/c15-8-12-10-3-1-2-4-13(10)17-14-7-9(16)5-6-11(12)14/h1-7H,8H2. The molecule has 17 heavy (non-hydrogen) atoms. The van der Waals surface area contributed by atoms with Crippen LogP contribution in [0.2, 0.25) is 0 Å². The van der Waals surface area contributed by atoms with Gasteiger partial charge in [0.05, 0.1) is 0 Å². The highest BCUT2D eigenvalue weighted by atomic mass is 35.5. The second-order valence-corrected chi connectivity index (χ2v) is 4.14. The fourth-order valence-electron chi connectivity index (χ4n) is 2.05. The molecule has 0 saturated heterocycles. The van der Waals surface area contributed by atoms with Gasteiger partial charge >= 0.3 is 0 Å². The van der Waals surface area contributed by atoms with Crippen molar-refractivity contribution in [1.29, 1.82) is 0 Å². The Morgan fingerprint density at radius 2 is 1.94 bits per heavy atom. The molecule has 0 aromatic heterocycles. The molecule has 0 radical (unpaired) electrons. The van der Waals surface area contributed by atoms with E-state index in [1.54, 1.807) is 6.07 Å². The first-order chi connectivity index (χ1) is 8.29. The fourth-order valence-corrected chi connectivity index (χ4v) is 2.34. The number of para-hydroxylation sites is 1. The number of hydrogen-bond acceptors (Lipinski definition) is 2. The molecule has 0 atom stereocenters. The minimum atomic E-state index is -0.0583. The molecule has 0 spiro atoms. The molecule has 1 aliphatic heterocycles. The van der Waals surface area contributed by atoms with Crippen molar-refractivity contribution in [2.45, 2.75) is 5.88 Å². The Labute approximate surface area is 103 Å². The molecule has 0 fully saturated rings. The van der Waals surface area contributed by atoms with Crippen LogP contribution in [0.15, 0.2) is 51.7 Å². The van der Waals surface area contributed by atoms with Crippen LogP contribution in [-0.4, -0.2) is 0 Å². The van der Waals surface area contributed by atoms with Crippen LogP contribution in [0.25, 0.3) is 22.3 Å². The molecule has 0 N–H and O–H groups in total. The summed E-state index contributed by atoms with van der Waals surface area (Å²) in [5.41, 5.74) is 2.60. The van der Waals surface area contributed by atoms with Crippen molar-refractivity contribution < 1.29 is 4.42 Å². The van der Waals surface area contributed by atoms with E-state index in [4.69, 9.17) is 16.0 Å². The van der Waals surface area contributed by atoms with E-state index < -0.39 is 0 Å². The summed E-state index contributed by atoms with van der Waals surface area (Å²) in [6, 6.07) is 12.5. The third-order valence-corrected chi connectivity index (χ3v) is 3.11. The van der Waals surface area contributed by atoms with Crippen molar-refractivity contribution in [3.05, 3.63) is 58.3 Å². The molecule has 3 heteroatoms. The lowest BCUT2D eigenvalue weighted by atomic mass is 10.0. The number of rotatable bonds is 1. The summed E-state index contributed by atoms with van der Waals surface area (Å²) in [5.74, 6) is 0.984. The molecular weight excluding hydrogens is 236 g/mol. The van der Waals surface area contributed by atoms with Crippen LogP contribution in [0.4, 0.5) is 0 Å². The molecule has 2 nitrogen and oxygen atoms in total. The first-order valence-electron chi connectivity index (χ1n) is 5.30. The third kappa shape index (κ3) is 1.61. The zero-order valence-electron chi connectivity index (χ0n) is 8.94. The SMILES string of the molecule is O=c1ccc2c(CCl)c3ccccc3oc-2c1. The van der Waals surface area contributed by atoms with E-state index in [0.29, 0.717) is 11.6 Å². The van der Waals surface area contributed by atoms with Crippen molar-refractivity contribution in [3.63, 3.8) is 0 Å². The van der Waals surface area contributed by atoms with Crippen molar-refractivity contribution in [2.24, 2.45) is 0 Å². The van der Waals surface area contributed by atoms with Gasteiger partial charge in [0.25, 0.3) is 0 Å². The monoisotopic (exact) mass is 244 g/mol. The van der Waals surface area contributed by atoms with Gasteiger partial charge in [0.2, 0.25) is 0 Å². The van der Waals surface area contributed by atoms with Gasteiger partial charge in [-0.1, -0.05) is 18.2 Å². The second kappa shape index (κ2) is 3.90. The fraction of sp³-hybridized carbons (Fsp3) is 0.0714. The number of hydrogen-bond donors (Lipinski definition) is 0. The molecule has 3 rings (SSSR count). The molecule has 1 aromatic carbocycles. The molecule has 0 saturated carbocycles. The zero-order chi connectivity index (χ0) is 11.8. The zero-order valence-corrected chi connectivity index (χ0v) is 9.70. The number of benzene rings is 2. The van der Waals surface area contributed by atoms with E-state index in [9.17, 15) is 4.79 Å². The van der Waals surface area contributed by atoms with Gasteiger partial charge in [0, 0.05) is 22.9 Å². The first-order valence-corrected chi connectivity index (χ1v) is 5.83. The minimum absolute atomic E-state index is 0.0583. The van der Waals surface area contributed by atoms with Crippen molar-refractivity contribution in [2.75, 3.05) is 0 Å². The van der Waals surface area contributed by atoms with Crippen LogP contribution in [0.1, 0.15) is 5.56 Å². The highest BCUT2D eigenvalue weighted by molar-refractivity contribution is 6.18. The molecular formula is C14H9ClO2. The van der Waals surface area contributed by atoms with Crippen LogP contribution >= 0.6 is 11.6 Å². The maximum absolute atomic E-state index is 11.3. The van der Waals surface area contributed by atoms with Crippen molar-refractivity contribution in [1.82, 2.24) is 0 Å². The summed E-state index contributed by atoms with van der Waals surface area (Å²) < 4.78 is 5.71. The molecule has 1 aromatic rings. The normalized spacial score (nSPS) is 11.1. The van der Waals surface area contributed by atoms with Gasteiger partial charge < -0.3 is 4.42 Å². The highest BCUT2D eigenvalue weighted by Crippen LogP contribution is 2.33. The first kappa shape index (κ1) is 10.4. The Bertz CT molecular complexity index is 715. The van der Waals surface area contributed by atoms with E-state index in [1.165, 1.54) is 12.1 Å². The Morgan fingerprint density at radius 1 is 1.12 bits per heavy atom. The largest absolute Gasteiger partial charge is 0.456 e. The Morgan fingerprint density at radius 3 is 2.76 bits per heavy atom. The topological polar surface area (TPSA) is 30.2 Å². The van der Waals surface area contributed by atoms with Gasteiger partial charge in [-0.2, -0.15) is 0 Å². The van der Waals surface area contributed by atoms with Crippen molar-refractivity contribution in [3.8, 4) is 11.3 Å². The molecule has 2 aliphatic rings. The smallest absolute Gasteiger partial charge is 0.182 e. The molecule has 84 valence electrons. The van der Waals surface area contributed by atoms with Crippen molar-refractivity contribution >= 4 is 22.6 Å². The lowest BCUT2D eigenvalue weighted by molar-refractivity contribution is 0.617. The molecule has 0 unspecified atom stereocenters.